The molecule has 0 amide bonds. The number of hydrogen-bond donors (Lipinski definition) is 1. The zero-order valence-electron chi connectivity index (χ0n) is 22.6. The third-order valence-corrected chi connectivity index (χ3v) is 8.28. The molecule has 0 spiro atoms. The molecule has 11 heteroatoms. The number of fused-ring (bicyclic) bond motifs is 3. The van der Waals surface area contributed by atoms with Crippen LogP contribution in [0.5, 0.6) is 5.75 Å². The molecular formula is C29H33F3N6O2. The van der Waals surface area contributed by atoms with Gasteiger partial charge >= 0.3 is 6.01 Å². The molecule has 0 radical (unpaired) electrons. The Morgan fingerprint density at radius 3 is 2.62 bits per heavy atom. The summed E-state index contributed by atoms with van der Waals surface area (Å²) in [6, 6.07) is 7.43. The molecule has 1 fully saturated rings. The number of imidazole rings is 1. The Kier molecular flexibility index (Phi) is 7.16. The van der Waals surface area contributed by atoms with Crippen molar-refractivity contribution in [2.24, 2.45) is 11.7 Å². The number of nitrogens with two attached hydrogens (primary N) is 1. The average Bonchev–Trinajstić information content (AvgIpc) is 3.55. The largest absolute Gasteiger partial charge is 0.490 e. The highest BCUT2D eigenvalue weighted by Gasteiger charge is 2.32. The van der Waals surface area contributed by atoms with E-state index in [1.54, 1.807) is 0 Å². The molecule has 6 rings (SSSR count). The summed E-state index contributed by atoms with van der Waals surface area (Å²) in [7, 11) is 0. The predicted molar refractivity (Wildman–Crippen MR) is 144 cm³/mol. The van der Waals surface area contributed by atoms with E-state index in [2.05, 4.69) is 28.9 Å². The van der Waals surface area contributed by atoms with Crippen LogP contribution in [-0.4, -0.2) is 44.9 Å². The molecule has 212 valence electrons. The van der Waals surface area contributed by atoms with E-state index < -0.39 is 29.4 Å². The van der Waals surface area contributed by atoms with Gasteiger partial charge in [0.05, 0.1) is 17.1 Å². The maximum absolute atomic E-state index is 14.5. The summed E-state index contributed by atoms with van der Waals surface area (Å²) in [5.74, 6) is -1.01. The van der Waals surface area contributed by atoms with Crippen molar-refractivity contribution in [1.82, 2.24) is 19.7 Å². The van der Waals surface area contributed by atoms with Gasteiger partial charge in [-0.25, -0.2) is 18.2 Å². The van der Waals surface area contributed by atoms with E-state index in [0.29, 0.717) is 31.0 Å². The van der Waals surface area contributed by atoms with Gasteiger partial charge in [0.2, 0.25) is 0 Å². The maximum atomic E-state index is 14.5. The Balaban J connectivity index is 1.12. The Labute approximate surface area is 230 Å². The minimum absolute atomic E-state index is 0.00401. The molecular weight excluding hydrogens is 521 g/mol. The molecule has 2 aromatic carbocycles. The zero-order chi connectivity index (χ0) is 28.0. The van der Waals surface area contributed by atoms with E-state index >= 15 is 0 Å². The lowest BCUT2D eigenvalue weighted by Gasteiger charge is -2.33. The van der Waals surface area contributed by atoms with E-state index in [9.17, 15) is 13.2 Å². The summed E-state index contributed by atoms with van der Waals surface area (Å²) < 4.78 is 55.7. The Hall–Kier alpha value is -3.60. The van der Waals surface area contributed by atoms with E-state index in [1.807, 2.05) is 22.8 Å². The average molecular weight is 555 g/mol. The van der Waals surface area contributed by atoms with Gasteiger partial charge in [0.15, 0.2) is 17.5 Å². The Morgan fingerprint density at radius 1 is 1.07 bits per heavy atom. The number of aromatic nitrogens is 4. The van der Waals surface area contributed by atoms with Gasteiger partial charge in [-0.05, 0) is 55.9 Å². The first kappa shape index (κ1) is 26.6. The molecule has 8 nitrogen and oxygen atoms in total. The second-order valence-corrected chi connectivity index (χ2v) is 10.9. The number of anilines is 1. The van der Waals surface area contributed by atoms with Gasteiger partial charge in [-0.2, -0.15) is 4.98 Å². The number of rotatable bonds is 7. The van der Waals surface area contributed by atoms with Gasteiger partial charge in [0.25, 0.3) is 0 Å². The number of hydrogen-bond acceptors (Lipinski definition) is 7. The standard InChI is InChI=1S/C29H33F3N6O2/c1-3-4-27-35-29(40-36-27)37-9-7-17(8-10-37)16(2)39-18-5-6-26-25(11-18)34-28-13-20(24(33)15-38(26)28)19-12-22(31)23(32)14-21(19)30/h5-6,11-12,14,16-17,20,24H,3-4,7-10,13,15,33H2,1-2H3/t16-,20+,24-/m0/s1. The summed E-state index contributed by atoms with van der Waals surface area (Å²) in [5.41, 5.74) is 8.14. The molecule has 0 unspecified atom stereocenters. The highest BCUT2D eigenvalue weighted by Crippen LogP contribution is 2.35. The summed E-state index contributed by atoms with van der Waals surface area (Å²) >= 11 is 0. The van der Waals surface area contributed by atoms with Crippen LogP contribution in [0, 0.1) is 23.4 Å². The second-order valence-electron chi connectivity index (χ2n) is 10.9. The maximum Gasteiger partial charge on any atom is 0.324 e. The lowest BCUT2D eigenvalue weighted by molar-refractivity contribution is 0.132. The van der Waals surface area contributed by atoms with Crippen molar-refractivity contribution in [3.05, 3.63) is 65.0 Å². The van der Waals surface area contributed by atoms with Crippen molar-refractivity contribution < 1.29 is 22.4 Å². The first-order chi connectivity index (χ1) is 19.3. The topological polar surface area (TPSA) is 95.2 Å². The molecule has 2 aromatic heterocycles. The van der Waals surface area contributed by atoms with E-state index in [-0.39, 0.29) is 11.7 Å². The van der Waals surface area contributed by atoms with E-state index in [4.69, 9.17) is 20.0 Å². The van der Waals surface area contributed by atoms with Crippen LogP contribution in [0.1, 0.15) is 56.2 Å². The van der Waals surface area contributed by atoms with Crippen molar-refractivity contribution in [3.63, 3.8) is 0 Å². The minimum atomic E-state index is -1.21. The van der Waals surface area contributed by atoms with Crippen LogP contribution in [0.25, 0.3) is 11.0 Å². The lowest BCUT2D eigenvalue weighted by atomic mass is 9.86. The summed E-state index contributed by atoms with van der Waals surface area (Å²) in [4.78, 5) is 11.4. The highest BCUT2D eigenvalue weighted by molar-refractivity contribution is 5.78. The predicted octanol–water partition coefficient (Wildman–Crippen LogP) is 5.14. The van der Waals surface area contributed by atoms with Crippen LogP contribution in [0.15, 0.2) is 34.9 Å². The molecule has 1 saturated heterocycles. The third kappa shape index (κ3) is 5.02. The van der Waals surface area contributed by atoms with Crippen molar-refractivity contribution in [3.8, 4) is 5.75 Å². The summed E-state index contributed by atoms with van der Waals surface area (Å²) in [6.45, 7) is 6.24. The number of aryl methyl sites for hydroxylation is 1. The molecule has 0 bridgehead atoms. The number of piperidine rings is 1. The van der Waals surface area contributed by atoms with Crippen molar-refractivity contribution in [1.29, 1.82) is 0 Å². The lowest BCUT2D eigenvalue weighted by Crippen LogP contribution is -2.39. The molecule has 4 aromatic rings. The van der Waals surface area contributed by atoms with Crippen molar-refractivity contribution in [2.75, 3.05) is 18.0 Å². The number of benzene rings is 2. The Bertz CT molecular complexity index is 1510. The van der Waals surface area contributed by atoms with E-state index in [1.165, 1.54) is 0 Å². The molecule has 0 saturated carbocycles. The van der Waals surface area contributed by atoms with Crippen LogP contribution >= 0.6 is 0 Å². The molecule has 40 heavy (non-hydrogen) atoms. The van der Waals surface area contributed by atoms with Gasteiger partial charge in [0, 0.05) is 56.6 Å². The number of nitrogens with zero attached hydrogens (tertiary/aromatic N) is 5. The van der Waals surface area contributed by atoms with Crippen molar-refractivity contribution in [2.45, 2.75) is 70.6 Å². The fraction of sp³-hybridized carbons (Fsp3) is 0.483. The molecule has 2 aliphatic heterocycles. The monoisotopic (exact) mass is 554 g/mol. The van der Waals surface area contributed by atoms with Gasteiger partial charge in [-0.15, -0.1) is 0 Å². The smallest absolute Gasteiger partial charge is 0.324 e. The van der Waals surface area contributed by atoms with Crippen LogP contribution in [0.3, 0.4) is 0 Å². The van der Waals surface area contributed by atoms with E-state index in [0.717, 1.165) is 73.3 Å². The molecule has 2 N–H and O–H groups in total. The fourth-order valence-corrected chi connectivity index (χ4v) is 6.01. The molecule has 2 aliphatic rings. The van der Waals surface area contributed by atoms with Gasteiger partial charge in [0.1, 0.15) is 17.4 Å². The van der Waals surface area contributed by atoms with Gasteiger partial charge in [-0.3, -0.25) is 0 Å². The first-order valence-electron chi connectivity index (χ1n) is 13.9. The van der Waals surface area contributed by atoms with Crippen LogP contribution in [-0.2, 0) is 19.4 Å². The highest BCUT2D eigenvalue weighted by atomic mass is 19.2. The van der Waals surface area contributed by atoms with Crippen LogP contribution in [0.4, 0.5) is 19.2 Å². The van der Waals surface area contributed by atoms with Crippen molar-refractivity contribution >= 4 is 17.0 Å². The van der Waals surface area contributed by atoms with Gasteiger partial charge < -0.3 is 24.5 Å². The quantitative estimate of drug-likeness (QED) is 0.316. The summed E-state index contributed by atoms with van der Waals surface area (Å²) in [5, 5.41) is 4.06. The number of halogens is 3. The first-order valence-corrected chi connectivity index (χ1v) is 13.9. The molecule has 0 aliphatic carbocycles. The van der Waals surface area contributed by atoms with Crippen LogP contribution < -0.4 is 15.4 Å². The summed E-state index contributed by atoms with van der Waals surface area (Å²) in [6.07, 6.45) is 4.03. The number of ether oxygens (including phenoxy) is 1. The fourth-order valence-electron chi connectivity index (χ4n) is 6.01. The second kappa shape index (κ2) is 10.8. The molecule has 4 heterocycles. The SMILES string of the molecule is CCCc1noc(N2CCC([C@H](C)Oc3ccc4c(c3)nc3n4C[C@H](N)[C@@H](c4cc(F)c(F)cc4F)C3)CC2)n1. The van der Waals surface area contributed by atoms with Gasteiger partial charge in [-0.1, -0.05) is 12.1 Å². The Morgan fingerprint density at radius 2 is 1.85 bits per heavy atom. The minimum Gasteiger partial charge on any atom is -0.490 e. The molecule has 3 atom stereocenters. The van der Waals surface area contributed by atoms with Crippen LogP contribution in [0.2, 0.25) is 0 Å². The third-order valence-electron chi connectivity index (χ3n) is 8.28. The zero-order valence-corrected chi connectivity index (χ0v) is 22.6. The normalized spacial score (nSPS) is 20.6.